The van der Waals surface area contributed by atoms with Gasteiger partial charge in [-0.15, -0.1) is 0 Å². The number of nitrogens with one attached hydrogen (secondary N) is 2. The van der Waals surface area contributed by atoms with Crippen LogP contribution in [0.1, 0.15) is 52.7 Å². The minimum Gasteiger partial charge on any atom is -0.342 e. The molecule has 2 N–H and O–H groups in total. The molecule has 0 saturated carbocycles. The summed E-state index contributed by atoms with van der Waals surface area (Å²) in [5.41, 5.74) is 3.68. The molecule has 0 unspecified atom stereocenters. The van der Waals surface area contributed by atoms with Crippen LogP contribution >= 0.6 is 11.8 Å². The fourth-order valence-corrected chi connectivity index (χ4v) is 4.49. The van der Waals surface area contributed by atoms with E-state index < -0.39 is 0 Å². The van der Waals surface area contributed by atoms with E-state index in [0.717, 1.165) is 48.3 Å². The van der Waals surface area contributed by atoms with E-state index in [2.05, 4.69) is 25.4 Å². The van der Waals surface area contributed by atoms with E-state index in [0.29, 0.717) is 23.6 Å². The molecule has 0 saturated heterocycles. The van der Waals surface area contributed by atoms with E-state index in [1.54, 1.807) is 34.9 Å². The van der Waals surface area contributed by atoms with Gasteiger partial charge in [-0.25, -0.2) is 4.98 Å². The molecular weight excluding hydrogens is 412 g/mol. The van der Waals surface area contributed by atoms with Crippen molar-refractivity contribution in [3.8, 4) is 11.4 Å². The predicted octanol–water partition coefficient (Wildman–Crippen LogP) is 2.67. The first-order valence-corrected chi connectivity index (χ1v) is 11.8. The number of hydrogen-bond acceptors (Lipinski definition) is 6. The molecular formula is C22H26N6O2S. The number of carbonyl (C=O) groups is 1. The zero-order valence-electron chi connectivity index (χ0n) is 17.7. The van der Waals surface area contributed by atoms with Gasteiger partial charge in [-0.1, -0.05) is 0 Å². The minimum absolute atomic E-state index is 0.172. The maximum Gasteiger partial charge on any atom is 0.270 e. The maximum absolute atomic E-state index is 13.3. The molecule has 162 valence electrons. The highest BCUT2D eigenvalue weighted by Gasteiger charge is 2.26. The monoisotopic (exact) mass is 438 g/mol. The standard InChI is InChI=1S/C22H26N6O2S/c1-28-20(15-7-3-4-8-16(15)27-28)22(30)25-17(9-11-31-2)18-12-19(29)26-21(24-18)14-6-5-10-23-13-14/h5-6,10,12-13,17H,3-4,7-9,11H2,1-2H3,(H,25,30)(H,24,26,29)/t17-/m1/s1. The number of thioether (sulfide) groups is 1. The lowest BCUT2D eigenvalue weighted by Gasteiger charge is -2.19. The number of carbonyl (C=O) groups excluding carboxylic acids is 1. The van der Waals surface area contributed by atoms with Gasteiger partial charge in [0, 0.05) is 36.6 Å². The molecule has 31 heavy (non-hydrogen) atoms. The van der Waals surface area contributed by atoms with Crippen molar-refractivity contribution in [3.05, 3.63) is 63.6 Å². The van der Waals surface area contributed by atoms with Crippen molar-refractivity contribution in [3.63, 3.8) is 0 Å². The highest BCUT2D eigenvalue weighted by Crippen LogP contribution is 2.25. The van der Waals surface area contributed by atoms with Crippen LogP contribution < -0.4 is 10.9 Å². The Hall–Kier alpha value is -2.94. The summed E-state index contributed by atoms with van der Waals surface area (Å²) in [4.78, 5) is 37.2. The van der Waals surface area contributed by atoms with Gasteiger partial charge >= 0.3 is 0 Å². The van der Waals surface area contributed by atoms with Gasteiger partial charge in [-0.2, -0.15) is 16.9 Å². The van der Waals surface area contributed by atoms with Crippen molar-refractivity contribution in [1.82, 2.24) is 30.0 Å². The third-order valence-electron chi connectivity index (χ3n) is 5.50. The topological polar surface area (TPSA) is 106 Å². The van der Waals surface area contributed by atoms with Crippen molar-refractivity contribution in [2.45, 2.75) is 38.1 Å². The summed E-state index contributed by atoms with van der Waals surface area (Å²) in [5.74, 6) is 1.09. The smallest absolute Gasteiger partial charge is 0.270 e. The average molecular weight is 439 g/mol. The summed E-state index contributed by atoms with van der Waals surface area (Å²) >= 11 is 1.69. The second-order valence-electron chi connectivity index (χ2n) is 7.67. The zero-order chi connectivity index (χ0) is 21.8. The first-order chi connectivity index (χ1) is 15.1. The van der Waals surface area contributed by atoms with Crippen LogP contribution in [-0.4, -0.2) is 42.6 Å². The van der Waals surface area contributed by atoms with Crippen molar-refractivity contribution in [2.24, 2.45) is 7.05 Å². The van der Waals surface area contributed by atoms with Gasteiger partial charge in [0.1, 0.15) is 11.5 Å². The van der Waals surface area contributed by atoms with E-state index in [1.165, 1.54) is 6.07 Å². The number of rotatable bonds is 7. The second kappa shape index (κ2) is 9.47. The Labute approximate surface area is 184 Å². The number of aromatic nitrogens is 5. The lowest BCUT2D eigenvalue weighted by Crippen LogP contribution is -2.32. The first kappa shape index (κ1) is 21.3. The number of pyridine rings is 1. The largest absolute Gasteiger partial charge is 0.342 e. The highest BCUT2D eigenvalue weighted by atomic mass is 32.2. The van der Waals surface area contributed by atoms with Gasteiger partial charge in [0.15, 0.2) is 0 Å². The number of nitrogens with zero attached hydrogens (tertiary/aromatic N) is 4. The van der Waals surface area contributed by atoms with Crippen LogP contribution in [0.4, 0.5) is 0 Å². The molecule has 0 radical (unpaired) electrons. The quantitative estimate of drug-likeness (QED) is 0.588. The number of amides is 1. The Bertz CT molecular complexity index is 1120. The Morgan fingerprint density at radius 2 is 2.19 bits per heavy atom. The molecule has 9 heteroatoms. The molecule has 1 amide bonds. The second-order valence-corrected chi connectivity index (χ2v) is 8.66. The van der Waals surface area contributed by atoms with Crippen molar-refractivity contribution < 1.29 is 4.79 Å². The van der Waals surface area contributed by atoms with Crippen LogP contribution in [0.25, 0.3) is 11.4 Å². The lowest BCUT2D eigenvalue weighted by molar-refractivity contribution is 0.0924. The summed E-state index contributed by atoms with van der Waals surface area (Å²) < 4.78 is 1.68. The van der Waals surface area contributed by atoms with Gasteiger partial charge in [-0.3, -0.25) is 19.3 Å². The molecule has 1 aliphatic rings. The summed E-state index contributed by atoms with van der Waals surface area (Å²) in [5, 5.41) is 7.68. The van der Waals surface area contributed by atoms with Crippen LogP contribution in [0.3, 0.4) is 0 Å². The number of hydrogen-bond donors (Lipinski definition) is 2. The average Bonchev–Trinajstić information content (AvgIpc) is 3.12. The van der Waals surface area contributed by atoms with Crippen LogP contribution in [0.15, 0.2) is 35.4 Å². The summed E-state index contributed by atoms with van der Waals surface area (Å²) in [7, 11) is 1.82. The molecule has 8 nitrogen and oxygen atoms in total. The molecule has 1 aliphatic carbocycles. The third-order valence-corrected chi connectivity index (χ3v) is 6.15. The molecule has 0 spiro atoms. The van der Waals surface area contributed by atoms with E-state index >= 15 is 0 Å². The Morgan fingerprint density at radius 3 is 2.97 bits per heavy atom. The van der Waals surface area contributed by atoms with Crippen LogP contribution in [-0.2, 0) is 19.9 Å². The van der Waals surface area contributed by atoms with Crippen LogP contribution in [0, 0.1) is 0 Å². The van der Waals surface area contributed by atoms with Gasteiger partial charge in [0.25, 0.3) is 11.5 Å². The van der Waals surface area contributed by atoms with Crippen molar-refractivity contribution >= 4 is 17.7 Å². The Balaban J connectivity index is 1.66. The molecule has 0 fully saturated rings. The highest BCUT2D eigenvalue weighted by molar-refractivity contribution is 7.98. The summed E-state index contributed by atoms with van der Waals surface area (Å²) in [6, 6.07) is 4.71. The summed E-state index contributed by atoms with van der Waals surface area (Å²) in [6.07, 6.45) is 9.96. The predicted molar refractivity (Wildman–Crippen MR) is 121 cm³/mol. The fraction of sp³-hybridized carbons (Fsp3) is 0.409. The fourth-order valence-electron chi connectivity index (χ4n) is 4.02. The molecule has 3 heterocycles. The number of fused-ring (bicyclic) bond motifs is 1. The van der Waals surface area contributed by atoms with Crippen LogP contribution in [0.2, 0.25) is 0 Å². The Kier molecular flexibility index (Phi) is 6.50. The first-order valence-electron chi connectivity index (χ1n) is 10.4. The van der Waals surface area contributed by atoms with Crippen molar-refractivity contribution in [2.75, 3.05) is 12.0 Å². The molecule has 3 aromatic heterocycles. The van der Waals surface area contributed by atoms with Gasteiger partial charge in [-0.05, 0) is 56.2 Å². The molecule has 1 atom stereocenters. The van der Waals surface area contributed by atoms with E-state index in [4.69, 9.17) is 0 Å². The van der Waals surface area contributed by atoms with Gasteiger partial charge in [0.05, 0.1) is 17.4 Å². The summed E-state index contributed by atoms with van der Waals surface area (Å²) in [6.45, 7) is 0. The number of aryl methyl sites for hydroxylation is 2. The molecule has 0 bridgehead atoms. The number of H-pyrrole nitrogens is 1. The lowest BCUT2D eigenvalue weighted by atomic mass is 9.95. The molecule has 3 aromatic rings. The van der Waals surface area contributed by atoms with Gasteiger partial charge < -0.3 is 10.3 Å². The van der Waals surface area contributed by atoms with E-state index in [9.17, 15) is 9.59 Å². The molecule has 0 aliphatic heterocycles. The minimum atomic E-state index is -0.383. The third kappa shape index (κ3) is 4.71. The maximum atomic E-state index is 13.3. The SMILES string of the molecule is CSCC[C@@H](NC(=O)c1c2c(nn1C)CCCC2)c1cc(=O)[nH]c(-c2cccnc2)n1. The normalized spacial score (nSPS) is 14.1. The van der Waals surface area contributed by atoms with Crippen LogP contribution in [0.5, 0.6) is 0 Å². The molecule has 0 aromatic carbocycles. The Morgan fingerprint density at radius 1 is 1.35 bits per heavy atom. The van der Waals surface area contributed by atoms with Gasteiger partial charge in [0.2, 0.25) is 0 Å². The zero-order valence-corrected chi connectivity index (χ0v) is 18.5. The van der Waals surface area contributed by atoms with Crippen molar-refractivity contribution in [1.29, 1.82) is 0 Å². The van der Waals surface area contributed by atoms with E-state index in [1.807, 2.05) is 19.4 Å². The number of aromatic amines is 1. The molecule has 4 rings (SSSR count). The van der Waals surface area contributed by atoms with E-state index in [-0.39, 0.29) is 17.5 Å².